The summed E-state index contributed by atoms with van der Waals surface area (Å²) in [6, 6.07) is -0.171. The molecule has 1 saturated heterocycles. The van der Waals surface area contributed by atoms with Crippen LogP contribution in [0.15, 0.2) is 0 Å². The van der Waals surface area contributed by atoms with E-state index in [1.807, 2.05) is 6.92 Å². The summed E-state index contributed by atoms with van der Waals surface area (Å²) in [6.45, 7) is 9.20. The molecule has 0 bridgehead atoms. The van der Waals surface area contributed by atoms with Crippen molar-refractivity contribution in [2.75, 3.05) is 0 Å². The van der Waals surface area contributed by atoms with Gasteiger partial charge >= 0.3 is 6.09 Å². The first-order valence-electron chi connectivity index (χ1n) is 7.41. The highest BCUT2D eigenvalue weighted by Gasteiger charge is 2.43. The molecule has 5 nitrogen and oxygen atoms in total. The lowest BCUT2D eigenvalue weighted by Crippen LogP contribution is -2.56. The molecule has 116 valence electrons. The Balaban J connectivity index is 2.89. The third kappa shape index (κ3) is 4.20. The van der Waals surface area contributed by atoms with Crippen LogP contribution < -0.4 is 0 Å². The molecule has 5 heteroatoms. The Morgan fingerprint density at radius 1 is 1.45 bits per heavy atom. The summed E-state index contributed by atoms with van der Waals surface area (Å²) in [7, 11) is 0. The predicted molar refractivity (Wildman–Crippen MR) is 76.2 cm³/mol. The average Bonchev–Trinajstić information content (AvgIpc) is 2.30. The van der Waals surface area contributed by atoms with Crippen molar-refractivity contribution in [3.63, 3.8) is 0 Å². The predicted octanol–water partition coefficient (Wildman–Crippen LogP) is 2.71. The molecule has 2 unspecified atom stereocenters. The number of aliphatic hydroxyl groups is 1. The zero-order valence-electron chi connectivity index (χ0n) is 13.2. The maximum Gasteiger partial charge on any atom is 0.417 e. The Morgan fingerprint density at radius 3 is 2.55 bits per heavy atom. The molecule has 0 aromatic heterocycles. The monoisotopic (exact) mass is 285 g/mol. The van der Waals surface area contributed by atoms with Crippen molar-refractivity contribution in [2.45, 2.75) is 78.0 Å². The minimum absolute atomic E-state index is 0.122. The minimum Gasteiger partial charge on any atom is -0.443 e. The van der Waals surface area contributed by atoms with Crippen LogP contribution in [-0.4, -0.2) is 39.8 Å². The number of nitrogens with zero attached hydrogens (tertiary/aromatic N) is 1. The van der Waals surface area contributed by atoms with Gasteiger partial charge in [-0.15, -0.1) is 0 Å². The Kier molecular flexibility index (Phi) is 5.57. The molecule has 3 atom stereocenters. The van der Waals surface area contributed by atoms with Gasteiger partial charge in [-0.1, -0.05) is 26.7 Å². The summed E-state index contributed by atoms with van der Waals surface area (Å²) in [5.74, 6) is -0.651. The number of aliphatic hydroxyl groups excluding tert-OH is 1. The normalized spacial score (nSPS) is 27.6. The molecule has 1 aliphatic rings. The van der Waals surface area contributed by atoms with Gasteiger partial charge in [-0.3, -0.25) is 4.79 Å². The van der Waals surface area contributed by atoms with Gasteiger partial charge in [0, 0.05) is 6.04 Å². The van der Waals surface area contributed by atoms with Crippen LogP contribution in [-0.2, 0) is 9.53 Å². The van der Waals surface area contributed by atoms with Gasteiger partial charge in [-0.2, -0.15) is 0 Å². The zero-order valence-corrected chi connectivity index (χ0v) is 13.2. The van der Waals surface area contributed by atoms with Crippen molar-refractivity contribution in [3.05, 3.63) is 0 Å². The largest absolute Gasteiger partial charge is 0.443 e. The van der Waals surface area contributed by atoms with E-state index in [0.717, 1.165) is 24.2 Å². The van der Waals surface area contributed by atoms with E-state index >= 15 is 0 Å². The van der Waals surface area contributed by atoms with Crippen LogP contribution in [0.2, 0.25) is 0 Å². The summed E-state index contributed by atoms with van der Waals surface area (Å²) in [5, 5.41) is 9.91. The first kappa shape index (κ1) is 17.0. The van der Waals surface area contributed by atoms with Crippen molar-refractivity contribution in [1.29, 1.82) is 0 Å². The Hall–Kier alpha value is -1.10. The number of hydrogen-bond donors (Lipinski definition) is 1. The molecular formula is C15H27NO4. The van der Waals surface area contributed by atoms with Crippen LogP contribution >= 0.6 is 0 Å². The smallest absolute Gasteiger partial charge is 0.417 e. The highest BCUT2D eigenvalue weighted by Crippen LogP contribution is 2.28. The number of rotatable bonds is 3. The fourth-order valence-corrected chi connectivity index (χ4v) is 2.47. The first-order valence-corrected chi connectivity index (χ1v) is 7.41. The number of amides is 2. The van der Waals surface area contributed by atoms with E-state index in [1.54, 1.807) is 20.8 Å². The van der Waals surface area contributed by atoms with E-state index in [-0.39, 0.29) is 12.0 Å². The number of ether oxygens (including phenoxy) is 1. The fraction of sp³-hybridized carbons (Fsp3) is 0.867. The number of piperidine rings is 1. The van der Waals surface area contributed by atoms with Gasteiger partial charge in [0.05, 0.1) is 0 Å². The van der Waals surface area contributed by atoms with Gasteiger partial charge in [-0.05, 0) is 39.5 Å². The van der Waals surface area contributed by atoms with Crippen molar-refractivity contribution in [1.82, 2.24) is 4.90 Å². The highest BCUT2D eigenvalue weighted by atomic mass is 16.6. The average molecular weight is 285 g/mol. The molecule has 0 aromatic carbocycles. The van der Waals surface area contributed by atoms with Crippen LogP contribution in [0.5, 0.6) is 0 Å². The third-order valence-corrected chi connectivity index (χ3v) is 3.52. The summed E-state index contributed by atoms with van der Waals surface area (Å²) >= 11 is 0. The van der Waals surface area contributed by atoms with E-state index < -0.39 is 23.7 Å². The van der Waals surface area contributed by atoms with Crippen LogP contribution in [0, 0.1) is 5.92 Å². The second kappa shape index (κ2) is 6.57. The molecule has 0 aliphatic carbocycles. The molecule has 0 spiro atoms. The van der Waals surface area contributed by atoms with Gasteiger partial charge in [0.1, 0.15) is 11.7 Å². The maximum atomic E-state index is 12.2. The first-order chi connectivity index (χ1) is 9.17. The lowest BCUT2D eigenvalue weighted by atomic mass is 9.87. The van der Waals surface area contributed by atoms with E-state index in [4.69, 9.17) is 4.74 Å². The van der Waals surface area contributed by atoms with Crippen LogP contribution in [0.1, 0.15) is 60.3 Å². The lowest BCUT2D eigenvalue weighted by Gasteiger charge is -2.39. The van der Waals surface area contributed by atoms with Crippen molar-refractivity contribution in [2.24, 2.45) is 5.92 Å². The number of likely N-dealkylation sites (tertiary alicyclic amines) is 1. The molecule has 0 radical (unpaired) electrons. The summed E-state index contributed by atoms with van der Waals surface area (Å²) in [4.78, 5) is 25.6. The van der Waals surface area contributed by atoms with Crippen molar-refractivity contribution >= 4 is 12.0 Å². The highest BCUT2D eigenvalue weighted by molar-refractivity contribution is 5.95. The number of carbonyl (C=O) groups is 2. The Bertz CT molecular complexity index is 361. The maximum absolute atomic E-state index is 12.2. The quantitative estimate of drug-likeness (QED) is 0.865. The number of imide groups is 1. The van der Waals surface area contributed by atoms with Gasteiger partial charge in [0.2, 0.25) is 0 Å². The fourth-order valence-electron chi connectivity index (χ4n) is 2.47. The zero-order chi connectivity index (χ0) is 15.5. The van der Waals surface area contributed by atoms with Gasteiger partial charge in [0.25, 0.3) is 5.91 Å². The third-order valence-electron chi connectivity index (χ3n) is 3.52. The molecular weight excluding hydrogens is 258 g/mol. The molecule has 0 saturated carbocycles. The van der Waals surface area contributed by atoms with Crippen molar-refractivity contribution < 1.29 is 19.4 Å². The van der Waals surface area contributed by atoms with E-state index in [9.17, 15) is 14.7 Å². The van der Waals surface area contributed by atoms with Crippen molar-refractivity contribution in [3.8, 4) is 0 Å². The topological polar surface area (TPSA) is 66.8 Å². The summed E-state index contributed by atoms with van der Waals surface area (Å²) in [5.41, 5.74) is -0.652. The molecule has 0 aromatic rings. The standard InChI is InChI=1S/C15H27NO4/c1-6-7-8-11-9-10(2)12(17)13(18)16(11)14(19)20-15(3,4)5/h10-12,17H,6-9H2,1-5H3/t10?,11?,12-/m0/s1. The Labute approximate surface area is 121 Å². The second-order valence-corrected chi connectivity index (χ2v) is 6.64. The van der Waals surface area contributed by atoms with E-state index in [1.165, 1.54) is 0 Å². The Morgan fingerprint density at radius 2 is 2.05 bits per heavy atom. The molecule has 1 fully saturated rings. The van der Waals surface area contributed by atoms with Crippen LogP contribution in [0.4, 0.5) is 4.79 Å². The molecule has 1 rings (SSSR count). The number of hydrogen-bond acceptors (Lipinski definition) is 4. The second-order valence-electron chi connectivity index (χ2n) is 6.64. The number of carbonyl (C=O) groups excluding carboxylic acids is 2. The number of unbranched alkanes of at least 4 members (excludes halogenated alkanes) is 1. The van der Waals surface area contributed by atoms with Crippen LogP contribution in [0.25, 0.3) is 0 Å². The van der Waals surface area contributed by atoms with E-state index in [0.29, 0.717) is 6.42 Å². The van der Waals surface area contributed by atoms with Gasteiger partial charge in [0.15, 0.2) is 0 Å². The summed E-state index contributed by atoms with van der Waals surface area (Å²) in [6.07, 6.45) is 1.59. The summed E-state index contributed by atoms with van der Waals surface area (Å²) < 4.78 is 5.30. The minimum atomic E-state index is -1.11. The van der Waals surface area contributed by atoms with E-state index in [2.05, 4.69) is 6.92 Å². The lowest BCUT2D eigenvalue weighted by molar-refractivity contribution is -0.150. The molecule has 1 heterocycles. The molecule has 2 amide bonds. The molecule has 1 aliphatic heterocycles. The molecule has 1 N–H and O–H groups in total. The van der Waals surface area contributed by atoms with Crippen LogP contribution in [0.3, 0.4) is 0 Å². The molecule has 20 heavy (non-hydrogen) atoms. The SMILES string of the molecule is CCCCC1CC(C)[C@H](O)C(=O)N1C(=O)OC(C)(C)C. The van der Waals surface area contributed by atoms with Gasteiger partial charge < -0.3 is 9.84 Å². The van der Waals surface area contributed by atoms with Gasteiger partial charge in [-0.25, -0.2) is 9.69 Å².